The Kier molecular flexibility index (Phi) is 6.16. The fourth-order valence-corrected chi connectivity index (χ4v) is 0.825. The normalized spacial score (nSPS) is 14.7. The van der Waals surface area contributed by atoms with Crippen LogP contribution in [0.25, 0.3) is 0 Å². The molecule has 0 aliphatic rings. The summed E-state index contributed by atoms with van der Waals surface area (Å²) in [5.41, 5.74) is -0.896. The third-order valence-corrected chi connectivity index (χ3v) is 2.14. The second kappa shape index (κ2) is 6.56. The zero-order valence-corrected chi connectivity index (χ0v) is 8.78. The lowest BCUT2D eigenvalue weighted by Gasteiger charge is -2.19. The van der Waals surface area contributed by atoms with E-state index in [9.17, 15) is 4.79 Å². The lowest BCUT2D eigenvalue weighted by molar-refractivity contribution is -0.146. The summed E-state index contributed by atoms with van der Waals surface area (Å²) in [4.78, 5) is 10.8. The molecule has 0 aromatic carbocycles. The van der Waals surface area contributed by atoms with Crippen LogP contribution in [0.4, 0.5) is 0 Å². The van der Waals surface area contributed by atoms with E-state index in [1.54, 1.807) is 14.0 Å². The maximum Gasteiger partial charge on any atom is 0.313 e. The molecule has 0 spiro atoms. The van der Waals surface area contributed by atoms with E-state index in [4.69, 9.17) is 14.6 Å². The van der Waals surface area contributed by atoms with Gasteiger partial charge in [-0.3, -0.25) is 4.79 Å². The SMILES string of the molecule is C=CC(C)(CCOCCOC)C(=O)O. The molecule has 0 aliphatic carbocycles. The molecule has 1 N–H and O–H groups in total. The van der Waals surface area contributed by atoms with E-state index in [1.807, 2.05) is 0 Å². The van der Waals surface area contributed by atoms with Crippen LogP contribution in [-0.2, 0) is 14.3 Å². The minimum atomic E-state index is -0.896. The van der Waals surface area contributed by atoms with E-state index in [-0.39, 0.29) is 0 Å². The zero-order chi connectivity index (χ0) is 11.0. The number of rotatable bonds is 8. The summed E-state index contributed by atoms with van der Waals surface area (Å²) >= 11 is 0. The molecule has 0 rings (SSSR count). The Balaban J connectivity index is 3.74. The Morgan fingerprint density at radius 2 is 2.14 bits per heavy atom. The van der Waals surface area contributed by atoms with E-state index >= 15 is 0 Å². The first-order chi connectivity index (χ1) is 6.56. The van der Waals surface area contributed by atoms with Crippen LogP contribution in [0.3, 0.4) is 0 Å². The molecule has 14 heavy (non-hydrogen) atoms. The fourth-order valence-electron chi connectivity index (χ4n) is 0.825. The number of aliphatic carboxylic acids is 1. The van der Waals surface area contributed by atoms with Crippen molar-refractivity contribution in [1.82, 2.24) is 0 Å². The highest BCUT2D eigenvalue weighted by molar-refractivity contribution is 5.76. The Hall–Kier alpha value is -0.870. The quantitative estimate of drug-likeness (QED) is 0.476. The van der Waals surface area contributed by atoms with Crippen LogP contribution in [0.15, 0.2) is 12.7 Å². The Morgan fingerprint density at radius 1 is 1.50 bits per heavy atom. The van der Waals surface area contributed by atoms with Crippen molar-refractivity contribution in [2.45, 2.75) is 13.3 Å². The zero-order valence-electron chi connectivity index (χ0n) is 8.78. The fraction of sp³-hybridized carbons (Fsp3) is 0.700. The van der Waals surface area contributed by atoms with Crippen molar-refractivity contribution in [2.24, 2.45) is 5.41 Å². The average Bonchev–Trinajstić information content (AvgIpc) is 2.17. The van der Waals surface area contributed by atoms with Crippen LogP contribution in [0.5, 0.6) is 0 Å². The molecule has 0 aliphatic heterocycles. The first kappa shape index (κ1) is 13.1. The van der Waals surface area contributed by atoms with Gasteiger partial charge in [0.1, 0.15) is 0 Å². The maximum absolute atomic E-state index is 10.8. The predicted octanol–water partition coefficient (Wildman–Crippen LogP) is 1.32. The largest absolute Gasteiger partial charge is 0.481 e. The maximum atomic E-state index is 10.8. The van der Waals surface area contributed by atoms with Gasteiger partial charge in [0, 0.05) is 13.7 Å². The molecule has 0 aromatic rings. The van der Waals surface area contributed by atoms with Crippen molar-refractivity contribution in [3.05, 3.63) is 12.7 Å². The summed E-state index contributed by atoms with van der Waals surface area (Å²) in [6.45, 7) is 6.55. The second-order valence-electron chi connectivity index (χ2n) is 3.28. The highest BCUT2D eigenvalue weighted by atomic mass is 16.5. The lowest BCUT2D eigenvalue weighted by Crippen LogP contribution is -2.26. The van der Waals surface area contributed by atoms with Gasteiger partial charge < -0.3 is 14.6 Å². The number of carboxylic acid groups (broad SMARTS) is 1. The number of hydrogen-bond acceptors (Lipinski definition) is 3. The van der Waals surface area contributed by atoms with Gasteiger partial charge in [-0.2, -0.15) is 0 Å². The van der Waals surface area contributed by atoms with Gasteiger partial charge in [0.05, 0.1) is 18.6 Å². The summed E-state index contributed by atoms with van der Waals surface area (Å²) < 4.78 is 9.97. The van der Waals surface area contributed by atoms with Gasteiger partial charge in [-0.25, -0.2) is 0 Å². The molecule has 0 aromatic heterocycles. The van der Waals surface area contributed by atoms with Gasteiger partial charge in [0.15, 0.2) is 0 Å². The molecule has 82 valence electrons. The smallest absolute Gasteiger partial charge is 0.313 e. The summed E-state index contributed by atoms with van der Waals surface area (Å²) in [7, 11) is 1.59. The van der Waals surface area contributed by atoms with Gasteiger partial charge in [0.2, 0.25) is 0 Å². The molecule has 0 fully saturated rings. The molecule has 4 nitrogen and oxygen atoms in total. The molecule has 0 saturated heterocycles. The van der Waals surface area contributed by atoms with Crippen molar-refractivity contribution >= 4 is 5.97 Å². The van der Waals surface area contributed by atoms with Crippen LogP contribution < -0.4 is 0 Å². The Labute approximate surface area is 84.5 Å². The lowest BCUT2D eigenvalue weighted by atomic mass is 9.88. The van der Waals surface area contributed by atoms with Crippen molar-refractivity contribution in [2.75, 3.05) is 26.9 Å². The molecule has 0 radical (unpaired) electrons. The van der Waals surface area contributed by atoms with Crippen molar-refractivity contribution < 1.29 is 19.4 Å². The van der Waals surface area contributed by atoms with Crippen LogP contribution in [0.2, 0.25) is 0 Å². The molecule has 0 amide bonds. The first-order valence-electron chi connectivity index (χ1n) is 4.50. The molecule has 0 heterocycles. The predicted molar refractivity (Wildman–Crippen MR) is 53.3 cm³/mol. The summed E-state index contributed by atoms with van der Waals surface area (Å²) in [5.74, 6) is -0.872. The first-order valence-corrected chi connectivity index (χ1v) is 4.50. The number of carbonyl (C=O) groups is 1. The highest BCUT2D eigenvalue weighted by Gasteiger charge is 2.28. The summed E-state index contributed by atoms with van der Waals surface area (Å²) in [6, 6.07) is 0. The van der Waals surface area contributed by atoms with Gasteiger partial charge in [-0.05, 0) is 13.3 Å². The van der Waals surface area contributed by atoms with Gasteiger partial charge in [-0.15, -0.1) is 6.58 Å². The van der Waals surface area contributed by atoms with Crippen molar-refractivity contribution in [1.29, 1.82) is 0 Å². The van der Waals surface area contributed by atoms with Gasteiger partial charge >= 0.3 is 5.97 Å². The van der Waals surface area contributed by atoms with Crippen LogP contribution in [-0.4, -0.2) is 38.0 Å². The van der Waals surface area contributed by atoms with E-state index in [2.05, 4.69) is 6.58 Å². The molecule has 1 atom stereocenters. The van der Waals surface area contributed by atoms with Crippen LogP contribution in [0, 0.1) is 5.41 Å². The molecule has 4 heteroatoms. The third kappa shape index (κ3) is 4.39. The van der Waals surface area contributed by atoms with Crippen LogP contribution >= 0.6 is 0 Å². The van der Waals surface area contributed by atoms with E-state index in [1.165, 1.54) is 6.08 Å². The molecule has 1 unspecified atom stereocenters. The number of hydrogen-bond donors (Lipinski definition) is 1. The van der Waals surface area contributed by atoms with Crippen LogP contribution in [0.1, 0.15) is 13.3 Å². The highest BCUT2D eigenvalue weighted by Crippen LogP contribution is 2.22. The average molecular weight is 202 g/mol. The van der Waals surface area contributed by atoms with Crippen molar-refractivity contribution in [3.63, 3.8) is 0 Å². The minimum Gasteiger partial charge on any atom is -0.481 e. The molecule has 0 bridgehead atoms. The molecular weight excluding hydrogens is 184 g/mol. The van der Waals surface area contributed by atoms with E-state index in [0.717, 1.165) is 0 Å². The molecule has 0 saturated carbocycles. The monoisotopic (exact) mass is 202 g/mol. The topological polar surface area (TPSA) is 55.8 Å². The summed E-state index contributed by atoms with van der Waals surface area (Å²) in [6.07, 6.45) is 1.87. The standard InChI is InChI=1S/C10H18O4/c1-4-10(2,9(11)12)5-6-14-8-7-13-3/h4H,1,5-8H2,2-3H3,(H,11,12). The summed E-state index contributed by atoms with van der Waals surface area (Å²) in [5, 5.41) is 8.88. The van der Waals surface area contributed by atoms with Crippen molar-refractivity contribution in [3.8, 4) is 0 Å². The van der Waals surface area contributed by atoms with Gasteiger partial charge in [0.25, 0.3) is 0 Å². The third-order valence-electron chi connectivity index (χ3n) is 2.14. The van der Waals surface area contributed by atoms with E-state index < -0.39 is 11.4 Å². The second-order valence-corrected chi connectivity index (χ2v) is 3.28. The Bertz CT molecular complexity index is 191. The molecular formula is C10H18O4. The van der Waals surface area contributed by atoms with Gasteiger partial charge in [-0.1, -0.05) is 6.08 Å². The Morgan fingerprint density at radius 3 is 2.57 bits per heavy atom. The number of ether oxygens (including phenoxy) is 2. The van der Waals surface area contributed by atoms with E-state index in [0.29, 0.717) is 26.2 Å². The number of carboxylic acids is 1. The minimum absolute atomic E-state index is 0.401. The number of methoxy groups -OCH3 is 1.